The number of nitrogens with zero attached hydrogens (tertiary/aromatic N) is 2. The van der Waals surface area contributed by atoms with Gasteiger partial charge >= 0.3 is 0 Å². The fraction of sp³-hybridized carbons (Fsp3) is 0.533. The summed E-state index contributed by atoms with van der Waals surface area (Å²) in [6.07, 6.45) is 1.02. The lowest BCUT2D eigenvalue weighted by atomic mass is 9.98. The fourth-order valence-corrected chi connectivity index (χ4v) is 2.21. The third-order valence-corrected chi connectivity index (χ3v) is 3.54. The number of rotatable bonds is 4. The molecular formula is C15H23N3O. The molecule has 1 heterocycles. The van der Waals surface area contributed by atoms with E-state index in [-0.39, 0.29) is 0 Å². The fourth-order valence-electron chi connectivity index (χ4n) is 2.21. The van der Waals surface area contributed by atoms with Crippen LogP contribution in [0.4, 0.5) is 0 Å². The van der Waals surface area contributed by atoms with Crippen molar-refractivity contribution in [1.82, 2.24) is 4.90 Å². The van der Waals surface area contributed by atoms with Gasteiger partial charge in [-0.05, 0) is 17.9 Å². The van der Waals surface area contributed by atoms with Gasteiger partial charge in [0.25, 0.3) is 0 Å². The summed E-state index contributed by atoms with van der Waals surface area (Å²) in [7, 11) is 0. The van der Waals surface area contributed by atoms with Gasteiger partial charge in [-0.3, -0.25) is 4.99 Å². The second kappa shape index (κ2) is 7.14. The van der Waals surface area contributed by atoms with E-state index in [2.05, 4.69) is 41.1 Å². The Bertz CT molecular complexity index is 399. The quantitative estimate of drug-likeness (QED) is 0.664. The Morgan fingerprint density at radius 3 is 2.68 bits per heavy atom. The zero-order chi connectivity index (χ0) is 13.5. The first-order valence-corrected chi connectivity index (χ1v) is 6.95. The summed E-state index contributed by atoms with van der Waals surface area (Å²) in [4.78, 5) is 6.57. The highest BCUT2D eigenvalue weighted by molar-refractivity contribution is 5.78. The van der Waals surface area contributed by atoms with E-state index in [0.29, 0.717) is 11.9 Å². The summed E-state index contributed by atoms with van der Waals surface area (Å²) in [5.41, 5.74) is 7.36. The predicted octanol–water partition coefficient (Wildman–Crippen LogP) is 1.83. The molecule has 1 aliphatic rings. The Labute approximate surface area is 115 Å². The van der Waals surface area contributed by atoms with Crippen LogP contribution in [0.3, 0.4) is 0 Å². The van der Waals surface area contributed by atoms with Gasteiger partial charge in [-0.15, -0.1) is 0 Å². The molecule has 0 radical (unpaired) electrons. The second-order valence-corrected chi connectivity index (χ2v) is 4.94. The molecule has 0 aliphatic carbocycles. The van der Waals surface area contributed by atoms with E-state index in [4.69, 9.17) is 10.5 Å². The lowest BCUT2D eigenvalue weighted by Crippen LogP contribution is -2.44. The van der Waals surface area contributed by atoms with Crippen molar-refractivity contribution in [3.05, 3.63) is 35.9 Å². The molecule has 1 fully saturated rings. The molecule has 1 aliphatic heterocycles. The number of morpholine rings is 1. The average Bonchev–Trinajstić information content (AvgIpc) is 2.49. The van der Waals surface area contributed by atoms with Crippen LogP contribution in [0.15, 0.2) is 35.3 Å². The molecule has 0 saturated carbocycles. The average molecular weight is 261 g/mol. The lowest BCUT2D eigenvalue weighted by Gasteiger charge is -2.27. The van der Waals surface area contributed by atoms with Crippen molar-refractivity contribution in [2.75, 3.05) is 32.8 Å². The van der Waals surface area contributed by atoms with Gasteiger partial charge in [-0.2, -0.15) is 0 Å². The second-order valence-electron chi connectivity index (χ2n) is 4.94. The van der Waals surface area contributed by atoms with Crippen molar-refractivity contribution in [1.29, 1.82) is 0 Å². The maximum Gasteiger partial charge on any atom is 0.191 e. The van der Waals surface area contributed by atoms with E-state index >= 15 is 0 Å². The number of ether oxygens (including phenoxy) is 1. The minimum absolute atomic E-state index is 0.516. The SMILES string of the molecule is CC(CCN=C(N)N1CCOCC1)c1ccccc1. The number of benzene rings is 1. The van der Waals surface area contributed by atoms with Crippen molar-refractivity contribution in [2.45, 2.75) is 19.3 Å². The number of guanidine groups is 1. The van der Waals surface area contributed by atoms with Gasteiger partial charge in [0.15, 0.2) is 5.96 Å². The minimum Gasteiger partial charge on any atom is -0.378 e. The summed E-state index contributed by atoms with van der Waals surface area (Å²) in [5.74, 6) is 1.17. The minimum atomic E-state index is 0.516. The highest BCUT2D eigenvalue weighted by Gasteiger charge is 2.12. The maximum absolute atomic E-state index is 5.99. The van der Waals surface area contributed by atoms with Gasteiger partial charge in [0.2, 0.25) is 0 Å². The number of nitrogens with two attached hydrogens (primary N) is 1. The van der Waals surface area contributed by atoms with Crippen LogP contribution in [0.25, 0.3) is 0 Å². The topological polar surface area (TPSA) is 50.8 Å². The molecule has 1 saturated heterocycles. The molecule has 0 amide bonds. The highest BCUT2D eigenvalue weighted by atomic mass is 16.5. The predicted molar refractivity (Wildman–Crippen MR) is 78.4 cm³/mol. The summed E-state index contributed by atoms with van der Waals surface area (Å²) in [5, 5.41) is 0. The maximum atomic E-state index is 5.99. The Morgan fingerprint density at radius 1 is 1.32 bits per heavy atom. The molecule has 4 nitrogen and oxygen atoms in total. The molecule has 2 N–H and O–H groups in total. The van der Waals surface area contributed by atoms with Gasteiger partial charge in [-0.1, -0.05) is 37.3 Å². The summed E-state index contributed by atoms with van der Waals surface area (Å²) < 4.78 is 5.30. The van der Waals surface area contributed by atoms with Gasteiger partial charge < -0.3 is 15.4 Å². The Balaban J connectivity index is 1.78. The number of hydrogen-bond donors (Lipinski definition) is 1. The molecule has 1 atom stereocenters. The zero-order valence-electron chi connectivity index (χ0n) is 11.6. The van der Waals surface area contributed by atoms with E-state index in [1.807, 2.05) is 6.07 Å². The van der Waals surface area contributed by atoms with Crippen LogP contribution in [0.2, 0.25) is 0 Å². The molecule has 1 aromatic carbocycles. The Hall–Kier alpha value is -1.55. The van der Waals surface area contributed by atoms with E-state index in [1.54, 1.807) is 0 Å². The molecule has 0 aromatic heterocycles. The van der Waals surface area contributed by atoms with Crippen LogP contribution in [-0.2, 0) is 4.74 Å². The summed E-state index contributed by atoms with van der Waals surface area (Å²) >= 11 is 0. The van der Waals surface area contributed by atoms with Crippen LogP contribution in [0, 0.1) is 0 Å². The molecule has 0 bridgehead atoms. The first-order chi connectivity index (χ1) is 9.27. The lowest BCUT2D eigenvalue weighted by molar-refractivity contribution is 0.0674. The van der Waals surface area contributed by atoms with E-state index in [0.717, 1.165) is 39.3 Å². The van der Waals surface area contributed by atoms with Gasteiger partial charge in [-0.25, -0.2) is 0 Å². The molecule has 0 spiro atoms. The zero-order valence-corrected chi connectivity index (χ0v) is 11.6. The molecule has 104 valence electrons. The van der Waals surface area contributed by atoms with Crippen molar-refractivity contribution in [3.8, 4) is 0 Å². The van der Waals surface area contributed by atoms with Crippen molar-refractivity contribution >= 4 is 5.96 Å². The molecular weight excluding hydrogens is 238 g/mol. The number of hydrogen-bond acceptors (Lipinski definition) is 2. The first kappa shape index (κ1) is 13.9. The Morgan fingerprint density at radius 2 is 2.00 bits per heavy atom. The summed E-state index contributed by atoms with van der Waals surface area (Å²) in [6, 6.07) is 10.5. The number of aliphatic imine (C=N–C) groups is 1. The molecule has 2 rings (SSSR count). The standard InChI is InChI=1S/C15H23N3O/c1-13(14-5-3-2-4-6-14)7-8-17-15(16)18-9-11-19-12-10-18/h2-6,13H,7-12H2,1H3,(H2,16,17). The van der Waals surface area contributed by atoms with E-state index in [9.17, 15) is 0 Å². The van der Waals surface area contributed by atoms with Crippen LogP contribution in [-0.4, -0.2) is 43.7 Å². The first-order valence-electron chi connectivity index (χ1n) is 6.95. The smallest absolute Gasteiger partial charge is 0.191 e. The highest BCUT2D eigenvalue weighted by Crippen LogP contribution is 2.18. The van der Waals surface area contributed by atoms with Crippen LogP contribution in [0.5, 0.6) is 0 Å². The van der Waals surface area contributed by atoms with Gasteiger partial charge in [0, 0.05) is 19.6 Å². The Kier molecular flexibility index (Phi) is 5.21. The van der Waals surface area contributed by atoms with Gasteiger partial charge in [0.1, 0.15) is 0 Å². The monoisotopic (exact) mass is 261 g/mol. The molecule has 4 heteroatoms. The molecule has 19 heavy (non-hydrogen) atoms. The van der Waals surface area contributed by atoms with Crippen LogP contribution in [0.1, 0.15) is 24.8 Å². The largest absolute Gasteiger partial charge is 0.378 e. The van der Waals surface area contributed by atoms with E-state index in [1.165, 1.54) is 5.56 Å². The molecule has 1 aromatic rings. The third-order valence-electron chi connectivity index (χ3n) is 3.54. The third kappa shape index (κ3) is 4.24. The molecule has 1 unspecified atom stereocenters. The van der Waals surface area contributed by atoms with E-state index < -0.39 is 0 Å². The summed E-state index contributed by atoms with van der Waals surface area (Å²) in [6.45, 7) is 6.20. The van der Waals surface area contributed by atoms with Crippen LogP contribution >= 0.6 is 0 Å². The van der Waals surface area contributed by atoms with Crippen molar-refractivity contribution < 1.29 is 4.74 Å². The van der Waals surface area contributed by atoms with Crippen molar-refractivity contribution in [3.63, 3.8) is 0 Å². The van der Waals surface area contributed by atoms with Gasteiger partial charge in [0.05, 0.1) is 13.2 Å². The van der Waals surface area contributed by atoms with Crippen molar-refractivity contribution in [2.24, 2.45) is 10.7 Å². The van der Waals surface area contributed by atoms with Crippen LogP contribution < -0.4 is 5.73 Å². The normalized spacial score (nSPS) is 18.4.